The molecule has 1 aromatic carbocycles. The van der Waals surface area contributed by atoms with Crippen molar-refractivity contribution in [3.8, 4) is 5.75 Å². The zero-order chi connectivity index (χ0) is 17.0. The minimum Gasteiger partial charge on any atom is -0.490 e. The highest BCUT2D eigenvalue weighted by atomic mass is 19.1. The Hall–Kier alpha value is -1.17. The van der Waals surface area contributed by atoms with Gasteiger partial charge in [-0.15, -0.1) is 0 Å². The predicted molar refractivity (Wildman–Crippen MR) is 90.8 cm³/mol. The van der Waals surface area contributed by atoms with Crippen LogP contribution in [0.25, 0.3) is 0 Å². The number of halogens is 1. The molecule has 2 aliphatic rings. The lowest BCUT2D eigenvalue weighted by molar-refractivity contribution is -0.0681. The van der Waals surface area contributed by atoms with Gasteiger partial charge in [-0.3, -0.25) is 4.90 Å². The second-order valence-corrected chi connectivity index (χ2v) is 7.24. The monoisotopic (exact) mass is 337 g/mol. The van der Waals surface area contributed by atoms with Gasteiger partial charge in [-0.2, -0.15) is 0 Å². The summed E-state index contributed by atoms with van der Waals surface area (Å²) in [6.45, 7) is 4.21. The maximum absolute atomic E-state index is 13.3. The van der Waals surface area contributed by atoms with Crippen LogP contribution in [0.15, 0.2) is 18.2 Å². The molecule has 1 saturated heterocycles. The lowest BCUT2D eigenvalue weighted by atomic mass is 9.93. The van der Waals surface area contributed by atoms with Gasteiger partial charge < -0.3 is 14.6 Å². The average Bonchev–Trinajstić information content (AvgIpc) is 2.79. The smallest absolute Gasteiger partial charge is 0.134 e. The van der Waals surface area contributed by atoms with E-state index in [1.807, 2.05) is 0 Å². The molecule has 1 atom stereocenters. The fraction of sp³-hybridized carbons (Fsp3) is 0.684. The van der Waals surface area contributed by atoms with E-state index in [-0.39, 0.29) is 19.0 Å². The zero-order valence-corrected chi connectivity index (χ0v) is 14.5. The summed E-state index contributed by atoms with van der Waals surface area (Å²) in [5.74, 6) is 0.332. The van der Waals surface area contributed by atoms with Crippen LogP contribution in [0.3, 0.4) is 0 Å². The van der Waals surface area contributed by atoms with Gasteiger partial charge in [0, 0.05) is 19.1 Å². The van der Waals surface area contributed by atoms with Crippen LogP contribution in [-0.4, -0.2) is 54.6 Å². The third-order valence-corrected chi connectivity index (χ3v) is 5.12. The summed E-state index contributed by atoms with van der Waals surface area (Å²) in [5, 5.41) is 11.0. The zero-order valence-electron chi connectivity index (χ0n) is 14.5. The normalized spacial score (nSPS) is 27.0. The Labute approximate surface area is 143 Å². The third-order valence-electron chi connectivity index (χ3n) is 5.12. The van der Waals surface area contributed by atoms with Gasteiger partial charge in [-0.1, -0.05) is 19.3 Å². The predicted octanol–water partition coefficient (Wildman–Crippen LogP) is 2.91. The second kappa shape index (κ2) is 7.81. The number of hydrogen-bond donors (Lipinski definition) is 1. The highest BCUT2D eigenvalue weighted by Crippen LogP contribution is 2.26. The van der Waals surface area contributed by atoms with E-state index in [1.54, 1.807) is 19.1 Å². The summed E-state index contributed by atoms with van der Waals surface area (Å²) in [4.78, 5) is 2.37. The van der Waals surface area contributed by atoms with E-state index in [9.17, 15) is 9.50 Å². The first-order valence-corrected chi connectivity index (χ1v) is 8.99. The van der Waals surface area contributed by atoms with Crippen molar-refractivity contribution in [2.75, 3.05) is 32.9 Å². The Bertz CT molecular complexity index is 547. The molecule has 0 aromatic heterocycles. The van der Waals surface area contributed by atoms with E-state index in [2.05, 4.69) is 4.90 Å². The molecule has 1 aromatic rings. The summed E-state index contributed by atoms with van der Waals surface area (Å²) in [5.41, 5.74) is -0.489. The number of rotatable bonds is 4. The summed E-state index contributed by atoms with van der Waals surface area (Å²) in [6.07, 6.45) is 6.26. The van der Waals surface area contributed by atoms with Gasteiger partial charge in [-0.25, -0.2) is 4.39 Å². The van der Waals surface area contributed by atoms with E-state index in [4.69, 9.17) is 9.47 Å². The SMILES string of the molecule is Cc1cc(OC[C@@]2(O)COCCN(C3CCCCC3)C2)ccc1F. The third kappa shape index (κ3) is 4.47. The van der Waals surface area contributed by atoms with Gasteiger partial charge in [0.15, 0.2) is 0 Å². The largest absolute Gasteiger partial charge is 0.490 e. The summed E-state index contributed by atoms with van der Waals surface area (Å²) >= 11 is 0. The van der Waals surface area contributed by atoms with Crippen LogP contribution in [0.1, 0.15) is 37.7 Å². The molecule has 24 heavy (non-hydrogen) atoms. The van der Waals surface area contributed by atoms with Crippen LogP contribution in [0, 0.1) is 12.7 Å². The van der Waals surface area contributed by atoms with Gasteiger partial charge in [0.25, 0.3) is 0 Å². The first-order valence-electron chi connectivity index (χ1n) is 8.99. The van der Waals surface area contributed by atoms with Crippen molar-refractivity contribution in [2.24, 2.45) is 0 Å². The number of β-amino-alcohol motifs (C(OH)–C–C–N with tert-alkyl or cyclic N) is 1. The highest BCUT2D eigenvalue weighted by Gasteiger charge is 2.36. The molecule has 134 valence electrons. The number of aliphatic hydroxyl groups is 1. The minimum atomic E-state index is -1.03. The van der Waals surface area contributed by atoms with Crippen molar-refractivity contribution >= 4 is 0 Å². The van der Waals surface area contributed by atoms with Gasteiger partial charge in [0.05, 0.1) is 13.2 Å². The first-order chi connectivity index (χ1) is 11.6. The van der Waals surface area contributed by atoms with Crippen LogP contribution in [0.5, 0.6) is 5.75 Å². The molecule has 0 spiro atoms. The van der Waals surface area contributed by atoms with Crippen LogP contribution < -0.4 is 4.74 Å². The molecule has 4 nitrogen and oxygen atoms in total. The number of hydrogen-bond acceptors (Lipinski definition) is 4. The number of benzene rings is 1. The van der Waals surface area contributed by atoms with E-state index < -0.39 is 5.60 Å². The van der Waals surface area contributed by atoms with Crippen molar-refractivity contribution < 1.29 is 19.0 Å². The molecule has 1 aliphatic heterocycles. The Balaban J connectivity index is 1.62. The molecule has 2 fully saturated rings. The molecule has 1 N–H and O–H groups in total. The van der Waals surface area contributed by atoms with Crippen molar-refractivity contribution in [3.63, 3.8) is 0 Å². The molecule has 0 radical (unpaired) electrons. The van der Waals surface area contributed by atoms with Crippen LogP contribution in [0.2, 0.25) is 0 Å². The topological polar surface area (TPSA) is 41.9 Å². The second-order valence-electron chi connectivity index (χ2n) is 7.24. The standard InChI is InChI=1S/C19H28FNO3/c1-15-11-17(7-8-18(15)20)24-14-19(22)12-21(9-10-23-13-19)16-5-3-2-4-6-16/h7-8,11,16,22H,2-6,9-10,12-14H2,1H3/t19-/m0/s1. The molecule has 1 aliphatic carbocycles. The molecule has 1 saturated carbocycles. The van der Waals surface area contributed by atoms with Crippen LogP contribution in [-0.2, 0) is 4.74 Å². The summed E-state index contributed by atoms with van der Waals surface area (Å²) < 4.78 is 24.7. The maximum atomic E-state index is 13.3. The Morgan fingerprint density at radius 1 is 1.33 bits per heavy atom. The first kappa shape index (κ1) is 17.6. The average molecular weight is 337 g/mol. The highest BCUT2D eigenvalue weighted by molar-refractivity contribution is 5.28. The quantitative estimate of drug-likeness (QED) is 0.917. The molecule has 0 bridgehead atoms. The van der Waals surface area contributed by atoms with E-state index in [0.29, 0.717) is 30.5 Å². The van der Waals surface area contributed by atoms with Crippen molar-refractivity contribution in [2.45, 2.75) is 50.7 Å². The van der Waals surface area contributed by atoms with Crippen LogP contribution in [0.4, 0.5) is 4.39 Å². The van der Waals surface area contributed by atoms with Gasteiger partial charge in [0.1, 0.15) is 23.8 Å². The molecule has 0 unspecified atom stereocenters. The number of nitrogens with zero attached hydrogens (tertiary/aromatic N) is 1. The lowest BCUT2D eigenvalue weighted by Gasteiger charge is -2.37. The van der Waals surface area contributed by atoms with Crippen LogP contribution >= 0.6 is 0 Å². The van der Waals surface area contributed by atoms with E-state index in [1.165, 1.54) is 38.2 Å². The summed E-state index contributed by atoms with van der Waals surface area (Å²) in [7, 11) is 0. The Morgan fingerprint density at radius 3 is 2.88 bits per heavy atom. The summed E-state index contributed by atoms with van der Waals surface area (Å²) in [6, 6.07) is 5.20. The Kier molecular flexibility index (Phi) is 5.74. The fourth-order valence-electron chi connectivity index (χ4n) is 3.72. The fourth-order valence-corrected chi connectivity index (χ4v) is 3.72. The van der Waals surface area contributed by atoms with Gasteiger partial charge >= 0.3 is 0 Å². The maximum Gasteiger partial charge on any atom is 0.134 e. The van der Waals surface area contributed by atoms with E-state index in [0.717, 1.165) is 6.54 Å². The number of ether oxygens (including phenoxy) is 2. The van der Waals surface area contributed by atoms with Crippen molar-refractivity contribution in [3.05, 3.63) is 29.6 Å². The number of aryl methyl sites for hydroxylation is 1. The molecular weight excluding hydrogens is 309 g/mol. The van der Waals surface area contributed by atoms with Crippen molar-refractivity contribution in [1.82, 2.24) is 4.90 Å². The lowest BCUT2D eigenvalue weighted by Crippen LogP contribution is -2.51. The molecule has 0 amide bonds. The molecular formula is C19H28FNO3. The minimum absolute atomic E-state index is 0.154. The van der Waals surface area contributed by atoms with Gasteiger partial charge in [-0.05, 0) is 43.5 Å². The van der Waals surface area contributed by atoms with Crippen molar-refractivity contribution in [1.29, 1.82) is 0 Å². The van der Waals surface area contributed by atoms with Gasteiger partial charge in [0.2, 0.25) is 0 Å². The molecule has 3 rings (SSSR count). The van der Waals surface area contributed by atoms with E-state index >= 15 is 0 Å². The molecule has 1 heterocycles. The Morgan fingerprint density at radius 2 is 2.12 bits per heavy atom. The molecule has 5 heteroatoms.